The van der Waals surface area contributed by atoms with E-state index >= 15 is 0 Å². The lowest BCUT2D eigenvalue weighted by atomic mass is 10.1. The van der Waals surface area contributed by atoms with Crippen molar-refractivity contribution >= 4 is 11.6 Å². The van der Waals surface area contributed by atoms with E-state index < -0.39 is 0 Å². The number of hydrogen-bond acceptors (Lipinski definition) is 5. The highest BCUT2D eigenvalue weighted by Crippen LogP contribution is 2.17. The van der Waals surface area contributed by atoms with Gasteiger partial charge in [0, 0.05) is 19.5 Å². The van der Waals surface area contributed by atoms with Gasteiger partial charge >= 0.3 is 0 Å². The summed E-state index contributed by atoms with van der Waals surface area (Å²) in [4.78, 5) is 18.2. The summed E-state index contributed by atoms with van der Waals surface area (Å²) < 4.78 is 0. The van der Waals surface area contributed by atoms with Crippen LogP contribution in [0.15, 0.2) is 29.4 Å². The number of benzene rings is 1. The van der Waals surface area contributed by atoms with E-state index in [0.29, 0.717) is 19.5 Å². The van der Waals surface area contributed by atoms with E-state index in [-0.39, 0.29) is 17.7 Å². The maximum atomic E-state index is 11.5. The van der Waals surface area contributed by atoms with Crippen molar-refractivity contribution < 1.29 is 14.7 Å². The second kappa shape index (κ2) is 6.38. The second-order valence-electron chi connectivity index (χ2n) is 4.85. The van der Waals surface area contributed by atoms with Crippen LogP contribution in [0.1, 0.15) is 12.0 Å². The molecule has 20 heavy (non-hydrogen) atoms. The van der Waals surface area contributed by atoms with E-state index in [1.54, 1.807) is 18.2 Å². The highest BCUT2D eigenvalue weighted by molar-refractivity contribution is 5.95. The van der Waals surface area contributed by atoms with Gasteiger partial charge in [0.15, 0.2) is 0 Å². The Balaban J connectivity index is 2.00. The van der Waals surface area contributed by atoms with Gasteiger partial charge in [-0.15, -0.1) is 0 Å². The maximum Gasteiger partial charge on any atom is 0.235 e. The van der Waals surface area contributed by atoms with Gasteiger partial charge in [-0.05, 0) is 24.1 Å². The number of phenolic OH excluding ortho intramolecular Hbond substituents is 1. The van der Waals surface area contributed by atoms with Gasteiger partial charge in [0.2, 0.25) is 5.91 Å². The number of hydrogen-bond donors (Lipinski definition) is 2. The van der Waals surface area contributed by atoms with Crippen LogP contribution in [-0.4, -0.2) is 47.9 Å². The summed E-state index contributed by atoms with van der Waals surface area (Å²) in [6.45, 7) is 1.26. The monoisotopic (exact) mass is 277 g/mol. The van der Waals surface area contributed by atoms with Crippen LogP contribution in [0.4, 0.5) is 0 Å². The molecule has 6 heteroatoms. The van der Waals surface area contributed by atoms with Gasteiger partial charge in [-0.2, -0.15) is 0 Å². The summed E-state index contributed by atoms with van der Waals surface area (Å²) in [5.41, 5.74) is 7.27. The first-order valence-corrected chi connectivity index (χ1v) is 6.50. The molecule has 1 aliphatic heterocycles. The van der Waals surface area contributed by atoms with Crippen LogP contribution in [-0.2, 0) is 16.1 Å². The van der Waals surface area contributed by atoms with Gasteiger partial charge in [0.05, 0.1) is 11.8 Å². The second-order valence-corrected chi connectivity index (χ2v) is 4.85. The third kappa shape index (κ3) is 3.48. The molecule has 1 amide bonds. The fraction of sp³-hybridized carbons (Fsp3) is 0.429. The minimum atomic E-state index is -0.345. The SMILES string of the molecule is CON=C1CC(C(N)=O)N(CCc2cccc(O)c2)C1. The lowest BCUT2D eigenvalue weighted by Crippen LogP contribution is -2.41. The largest absolute Gasteiger partial charge is 0.508 e. The van der Waals surface area contributed by atoms with E-state index in [2.05, 4.69) is 5.16 Å². The minimum absolute atomic E-state index is 0.247. The molecule has 0 spiro atoms. The molecule has 0 saturated carbocycles. The highest BCUT2D eigenvalue weighted by atomic mass is 16.6. The molecular weight excluding hydrogens is 258 g/mol. The molecule has 0 aromatic heterocycles. The van der Waals surface area contributed by atoms with E-state index in [4.69, 9.17) is 10.6 Å². The van der Waals surface area contributed by atoms with Crippen molar-refractivity contribution in [3.63, 3.8) is 0 Å². The van der Waals surface area contributed by atoms with Crippen molar-refractivity contribution in [3.05, 3.63) is 29.8 Å². The van der Waals surface area contributed by atoms with Crippen molar-refractivity contribution in [1.29, 1.82) is 0 Å². The standard InChI is InChI=1S/C14H19N3O3/c1-20-16-11-8-13(14(15)19)17(9-11)6-5-10-3-2-4-12(18)7-10/h2-4,7,13,18H,5-6,8-9H2,1H3,(H2,15,19). The molecule has 1 aromatic rings. The van der Waals surface area contributed by atoms with E-state index in [0.717, 1.165) is 17.7 Å². The van der Waals surface area contributed by atoms with Crippen LogP contribution < -0.4 is 5.73 Å². The summed E-state index contributed by atoms with van der Waals surface area (Å²) in [5.74, 6) is -0.0979. The van der Waals surface area contributed by atoms with Crippen molar-refractivity contribution in [1.82, 2.24) is 4.90 Å². The topological polar surface area (TPSA) is 88.2 Å². The van der Waals surface area contributed by atoms with Crippen molar-refractivity contribution in [2.45, 2.75) is 18.9 Å². The van der Waals surface area contributed by atoms with Gasteiger partial charge in [-0.25, -0.2) is 0 Å². The Kier molecular flexibility index (Phi) is 4.57. The lowest BCUT2D eigenvalue weighted by Gasteiger charge is -2.20. The summed E-state index contributed by atoms with van der Waals surface area (Å²) in [6, 6.07) is 6.77. The molecule has 0 aliphatic carbocycles. The van der Waals surface area contributed by atoms with Crippen molar-refractivity contribution in [2.24, 2.45) is 10.9 Å². The summed E-state index contributed by atoms with van der Waals surface area (Å²) in [7, 11) is 1.49. The Hall–Kier alpha value is -2.08. The van der Waals surface area contributed by atoms with Crippen LogP contribution in [0.25, 0.3) is 0 Å². The third-order valence-corrected chi connectivity index (χ3v) is 3.40. The number of nitrogens with zero attached hydrogens (tertiary/aromatic N) is 2. The molecule has 3 N–H and O–H groups in total. The molecule has 0 bridgehead atoms. The van der Waals surface area contributed by atoms with Gasteiger partial charge in [-0.1, -0.05) is 17.3 Å². The highest BCUT2D eigenvalue weighted by Gasteiger charge is 2.33. The molecular formula is C14H19N3O3. The number of phenols is 1. The lowest BCUT2D eigenvalue weighted by molar-refractivity contribution is -0.122. The quantitative estimate of drug-likeness (QED) is 0.767. The number of oxime groups is 1. The molecule has 1 unspecified atom stereocenters. The van der Waals surface area contributed by atoms with Gasteiger partial charge in [0.25, 0.3) is 0 Å². The Morgan fingerprint density at radius 2 is 2.40 bits per heavy atom. The number of nitrogens with two attached hydrogens (primary N) is 1. The van der Waals surface area contributed by atoms with Crippen LogP contribution in [0, 0.1) is 0 Å². The first-order chi connectivity index (χ1) is 9.60. The minimum Gasteiger partial charge on any atom is -0.508 e. The van der Waals surface area contributed by atoms with Crippen LogP contribution >= 0.6 is 0 Å². The fourth-order valence-electron chi connectivity index (χ4n) is 2.46. The zero-order valence-electron chi connectivity index (χ0n) is 11.5. The average molecular weight is 277 g/mol. The van der Waals surface area contributed by atoms with Crippen LogP contribution in [0.2, 0.25) is 0 Å². The molecule has 1 aromatic carbocycles. The first kappa shape index (κ1) is 14.3. The number of rotatable bonds is 5. The first-order valence-electron chi connectivity index (χ1n) is 6.50. The van der Waals surface area contributed by atoms with Gasteiger partial charge in [0.1, 0.15) is 12.9 Å². The predicted molar refractivity (Wildman–Crippen MR) is 75.4 cm³/mol. The van der Waals surface area contributed by atoms with Crippen LogP contribution in [0.5, 0.6) is 5.75 Å². The molecule has 1 atom stereocenters. The average Bonchev–Trinajstić information content (AvgIpc) is 2.80. The number of primary amides is 1. The maximum absolute atomic E-state index is 11.5. The molecule has 1 heterocycles. The van der Waals surface area contributed by atoms with Gasteiger partial charge < -0.3 is 15.7 Å². The third-order valence-electron chi connectivity index (χ3n) is 3.40. The summed E-state index contributed by atoms with van der Waals surface area (Å²) >= 11 is 0. The molecule has 0 radical (unpaired) electrons. The van der Waals surface area contributed by atoms with Crippen molar-refractivity contribution in [2.75, 3.05) is 20.2 Å². The molecule has 108 valence electrons. The number of carbonyl (C=O) groups is 1. The number of aromatic hydroxyl groups is 1. The number of amides is 1. The predicted octanol–water partition coefficient (Wildman–Crippen LogP) is 0.497. The summed E-state index contributed by atoms with van der Waals surface area (Å²) in [6.07, 6.45) is 1.25. The Morgan fingerprint density at radius 3 is 3.05 bits per heavy atom. The molecule has 1 aliphatic rings. The smallest absolute Gasteiger partial charge is 0.235 e. The molecule has 2 rings (SSSR count). The van der Waals surface area contributed by atoms with E-state index in [9.17, 15) is 9.90 Å². The fourth-order valence-corrected chi connectivity index (χ4v) is 2.46. The molecule has 6 nitrogen and oxygen atoms in total. The van der Waals surface area contributed by atoms with Gasteiger partial charge in [-0.3, -0.25) is 9.69 Å². The zero-order chi connectivity index (χ0) is 14.5. The Bertz CT molecular complexity index is 516. The molecule has 1 saturated heterocycles. The van der Waals surface area contributed by atoms with Crippen molar-refractivity contribution in [3.8, 4) is 5.75 Å². The van der Waals surface area contributed by atoms with E-state index in [1.165, 1.54) is 7.11 Å². The number of carbonyl (C=O) groups excluding carboxylic acids is 1. The number of likely N-dealkylation sites (tertiary alicyclic amines) is 1. The Labute approximate surface area is 117 Å². The molecule has 1 fully saturated rings. The normalized spacial score (nSPS) is 21.2. The Morgan fingerprint density at radius 1 is 1.60 bits per heavy atom. The summed E-state index contributed by atoms with van der Waals surface area (Å²) in [5, 5.41) is 13.3. The van der Waals surface area contributed by atoms with Crippen LogP contribution in [0.3, 0.4) is 0 Å². The van der Waals surface area contributed by atoms with E-state index in [1.807, 2.05) is 11.0 Å². The zero-order valence-corrected chi connectivity index (χ0v) is 11.5.